The monoisotopic (exact) mass is 401 g/mol. The van der Waals surface area contributed by atoms with Crippen LogP contribution in [0, 0.1) is 0 Å². The Morgan fingerprint density at radius 3 is 2.46 bits per heavy atom. The van der Waals surface area contributed by atoms with Crippen molar-refractivity contribution in [2.45, 2.75) is 38.1 Å². The highest BCUT2D eigenvalue weighted by Gasteiger charge is 2.18. The zero-order valence-corrected chi connectivity index (χ0v) is 16.7. The van der Waals surface area contributed by atoms with E-state index < -0.39 is 10.0 Å². The fraction of sp³-hybridized carbons (Fsp3) is 0.300. The fourth-order valence-electron chi connectivity index (χ4n) is 2.93. The standard InChI is InChI=1S/C20H23N3O4S/c1-3-5-14-23-18-9-7-6-8-17(18)19(20(23)24)21-22-28(25,26)16-12-10-15(11-13-16)27-4-2/h6-13,24H,3-5,14H2,1-2H3. The van der Waals surface area contributed by atoms with E-state index in [1.807, 2.05) is 25.1 Å². The molecule has 1 N–H and O–H groups in total. The zero-order chi connectivity index (χ0) is 20.1. The van der Waals surface area contributed by atoms with E-state index >= 15 is 0 Å². The SMILES string of the molecule is CCCCn1c(O)c(N=NS(=O)(=O)c2ccc(OCC)cc2)c2ccccc21. The minimum Gasteiger partial charge on any atom is -0.494 e. The van der Waals surface area contributed by atoms with Crippen molar-refractivity contribution in [3.63, 3.8) is 0 Å². The molecule has 148 valence electrons. The molecule has 8 heteroatoms. The molecule has 0 bridgehead atoms. The molecule has 28 heavy (non-hydrogen) atoms. The lowest BCUT2D eigenvalue weighted by Crippen LogP contribution is -1.97. The Labute approximate surface area is 164 Å². The number of fused-ring (bicyclic) bond motifs is 1. The normalized spacial score (nSPS) is 12.1. The van der Waals surface area contributed by atoms with Crippen LogP contribution in [0.15, 0.2) is 63.1 Å². The van der Waals surface area contributed by atoms with Gasteiger partial charge in [0.1, 0.15) is 5.75 Å². The van der Waals surface area contributed by atoms with Gasteiger partial charge in [-0.15, -0.1) is 5.11 Å². The molecule has 3 aromatic rings. The summed E-state index contributed by atoms with van der Waals surface area (Å²) in [6.07, 6.45) is 1.85. The van der Waals surface area contributed by atoms with Gasteiger partial charge in [-0.3, -0.25) is 0 Å². The molecule has 0 fully saturated rings. The number of rotatable bonds is 8. The lowest BCUT2D eigenvalue weighted by molar-refractivity contribution is 0.340. The van der Waals surface area contributed by atoms with Crippen LogP contribution in [-0.4, -0.2) is 24.7 Å². The second-order valence-corrected chi connectivity index (χ2v) is 7.84. The quantitative estimate of drug-likeness (QED) is 0.536. The average Bonchev–Trinajstić information content (AvgIpc) is 2.96. The molecule has 0 saturated heterocycles. The molecule has 0 atom stereocenters. The number of sulfonamides is 1. The molecule has 3 rings (SSSR count). The number of benzene rings is 2. The third-order valence-electron chi connectivity index (χ3n) is 4.33. The second kappa shape index (κ2) is 8.43. The van der Waals surface area contributed by atoms with Gasteiger partial charge >= 0.3 is 0 Å². The highest BCUT2D eigenvalue weighted by molar-refractivity contribution is 7.90. The number of aryl methyl sites for hydroxylation is 1. The molecule has 0 aliphatic carbocycles. The van der Waals surface area contributed by atoms with Crippen molar-refractivity contribution in [1.82, 2.24) is 4.57 Å². The van der Waals surface area contributed by atoms with Crippen LogP contribution in [0.1, 0.15) is 26.7 Å². The van der Waals surface area contributed by atoms with Gasteiger partial charge in [0.05, 0.1) is 17.0 Å². The van der Waals surface area contributed by atoms with Crippen LogP contribution >= 0.6 is 0 Å². The Morgan fingerprint density at radius 2 is 1.79 bits per heavy atom. The van der Waals surface area contributed by atoms with Gasteiger partial charge in [0.2, 0.25) is 5.88 Å². The molecule has 7 nitrogen and oxygen atoms in total. The van der Waals surface area contributed by atoms with Gasteiger partial charge in [0, 0.05) is 11.9 Å². The van der Waals surface area contributed by atoms with Crippen LogP contribution in [-0.2, 0) is 16.6 Å². The Morgan fingerprint density at radius 1 is 1.07 bits per heavy atom. The number of unbranched alkanes of at least 4 members (excludes halogenated alkanes) is 1. The molecule has 0 aliphatic heterocycles. The van der Waals surface area contributed by atoms with Gasteiger partial charge in [0.25, 0.3) is 10.0 Å². The summed E-state index contributed by atoms with van der Waals surface area (Å²) >= 11 is 0. The molecule has 0 radical (unpaired) electrons. The molecule has 0 unspecified atom stereocenters. The molecule has 0 saturated carbocycles. The third kappa shape index (κ3) is 4.01. The van der Waals surface area contributed by atoms with Crippen molar-refractivity contribution in [3.8, 4) is 11.6 Å². The first-order chi connectivity index (χ1) is 13.5. The van der Waals surface area contributed by atoms with Crippen molar-refractivity contribution < 1.29 is 18.3 Å². The number of aromatic hydroxyl groups is 1. The fourth-order valence-corrected chi connectivity index (χ4v) is 3.69. The Balaban J connectivity index is 1.97. The van der Waals surface area contributed by atoms with Crippen molar-refractivity contribution in [1.29, 1.82) is 0 Å². The maximum atomic E-state index is 12.5. The van der Waals surface area contributed by atoms with Gasteiger partial charge in [-0.2, -0.15) is 8.42 Å². The highest BCUT2D eigenvalue weighted by Crippen LogP contribution is 2.39. The summed E-state index contributed by atoms with van der Waals surface area (Å²) in [4.78, 5) is 0.00825. The predicted molar refractivity (Wildman–Crippen MR) is 108 cm³/mol. The van der Waals surface area contributed by atoms with E-state index in [0.29, 0.717) is 24.3 Å². The maximum absolute atomic E-state index is 12.5. The summed E-state index contributed by atoms with van der Waals surface area (Å²) in [5.41, 5.74) is 0.946. The molecule has 2 aromatic carbocycles. The Hall–Kier alpha value is -2.87. The largest absolute Gasteiger partial charge is 0.494 e. The van der Waals surface area contributed by atoms with Crippen LogP contribution in [0.4, 0.5) is 5.69 Å². The maximum Gasteiger partial charge on any atom is 0.299 e. The number of hydrogen-bond acceptors (Lipinski definition) is 5. The molecular formula is C20H23N3O4S. The summed E-state index contributed by atoms with van der Waals surface area (Å²) in [5.74, 6) is 0.496. The van der Waals surface area contributed by atoms with E-state index in [1.165, 1.54) is 12.1 Å². The minimum absolute atomic E-state index is 0.00825. The predicted octanol–water partition coefficient (Wildman–Crippen LogP) is 5.02. The molecule has 0 amide bonds. The second-order valence-electron chi connectivity index (χ2n) is 6.26. The molecule has 1 aromatic heterocycles. The Bertz CT molecular complexity index is 1090. The van der Waals surface area contributed by atoms with Crippen LogP contribution in [0.3, 0.4) is 0 Å². The van der Waals surface area contributed by atoms with E-state index in [0.717, 1.165) is 18.4 Å². The number of para-hydroxylation sites is 1. The number of nitrogens with zero attached hydrogens (tertiary/aromatic N) is 3. The summed E-state index contributed by atoms with van der Waals surface area (Å²) in [6.45, 7) is 5.02. The first-order valence-electron chi connectivity index (χ1n) is 9.19. The number of hydrogen-bond donors (Lipinski definition) is 1. The minimum atomic E-state index is -4.00. The summed E-state index contributed by atoms with van der Waals surface area (Å²) in [5, 5.41) is 15.2. The van der Waals surface area contributed by atoms with Crippen LogP contribution < -0.4 is 4.74 Å². The van der Waals surface area contributed by atoms with Crippen molar-refractivity contribution in [2.75, 3.05) is 6.61 Å². The first-order valence-corrected chi connectivity index (χ1v) is 10.6. The van der Waals surface area contributed by atoms with Gasteiger partial charge in [-0.05, 0) is 43.7 Å². The summed E-state index contributed by atoms with van der Waals surface area (Å²) < 4.78 is 35.6. The van der Waals surface area contributed by atoms with E-state index in [9.17, 15) is 13.5 Å². The van der Waals surface area contributed by atoms with Crippen molar-refractivity contribution in [3.05, 3.63) is 48.5 Å². The van der Waals surface area contributed by atoms with Gasteiger partial charge in [-0.25, -0.2) is 0 Å². The van der Waals surface area contributed by atoms with E-state index in [4.69, 9.17) is 4.74 Å². The van der Waals surface area contributed by atoms with Crippen molar-refractivity contribution >= 4 is 26.6 Å². The average molecular weight is 401 g/mol. The van der Waals surface area contributed by atoms with Crippen LogP contribution in [0.5, 0.6) is 11.6 Å². The third-order valence-corrected chi connectivity index (χ3v) is 5.50. The summed E-state index contributed by atoms with van der Waals surface area (Å²) in [7, 11) is -4.00. The van der Waals surface area contributed by atoms with Crippen molar-refractivity contribution in [2.24, 2.45) is 9.63 Å². The van der Waals surface area contributed by atoms with E-state index in [2.05, 4.69) is 16.6 Å². The molecule has 1 heterocycles. The number of aromatic nitrogens is 1. The van der Waals surface area contributed by atoms with Gasteiger partial charge in [-0.1, -0.05) is 36.1 Å². The van der Waals surface area contributed by atoms with Crippen LogP contribution in [0.2, 0.25) is 0 Å². The number of ether oxygens (including phenoxy) is 1. The van der Waals surface area contributed by atoms with Gasteiger partial charge in [0.15, 0.2) is 5.69 Å². The molecule has 0 aliphatic rings. The molecular weight excluding hydrogens is 378 g/mol. The highest BCUT2D eigenvalue weighted by atomic mass is 32.2. The lowest BCUT2D eigenvalue weighted by atomic mass is 10.2. The zero-order valence-electron chi connectivity index (χ0n) is 15.9. The van der Waals surface area contributed by atoms with Crippen LogP contribution in [0.25, 0.3) is 10.9 Å². The molecule has 0 spiro atoms. The first kappa shape index (κ1) is 19.9. The Kier molecular flexibility index (Phi) is 5.99. The van der Waals surface area contributed by atoms with Gasteiger partial charge < -0.3 is 14.4 Å². The summed E-state index contributed by atoms with van der Waals surface area (Å²) in [6, 6.07) is 13.3. The lowest BCUT2D eigenvalue weighted by Gasteiger charge is -2.05. The van der Waals surface area contributed by atoms with E-state index in [-0.39, 0.29) is 16.5 Å². The smallest absolute Gasteiger partial charge is 0.299 e. The topological polar surface area (TPSA) is 93.2 Å². The van der Waals surface area contributed by atoms with E-state index in [1.54, 1.807) is 22.8 Å².